The fourth-order valence-corrected chi connectivity index (χ4v) is 5.12. The van der Waals surface area contributed by atoms with Crippen molar-refractivity contribution in [1.29, 1.82) is 5.26 Å². The highest BCUT2D eigenvalue weighted by Gasteiger charge is 2.70. The number of nitrogens with one attached hydrogen (secondary N) is 3. The van der Waals surface area contributed by atoms with Crippen LogP contribution in [0.2, 0.25) is 0 Å². The van der Waals surface area contributed by atoms with E-state index in [-0.39, 0.29) is 36.1 Å². The van der Waals surface area contributed by atoms with Gasteiger partial charge in [0.05, 0.1) is 6.07 Å². The SMILES string of the molecule is CC(C)(NC(=O)C(F)(F)F)C(=O)N1C[C@H]2[C@@H]([C@H]1C(=O)N[C@H](C#N)C[C@@H]1CCNC1=O)C2(C)C. The third-order valence-electron chi connectivity index (χ3n) is 7.11. The first-order chi connectivity index (χ1) is 15.1. The summed E-state index contributed by atoms with van der Waals surface area (Å²) in [6.45, 7) is 6.83. The second kappa shape index (κ2) is 8.18. The van der Waals surface area contributed by atoms with Crippen LogP contribution >= 0.6 is 0 Å². The number of fused-ring (bicyclic) bond motifs is 1. The Kier molecular flexibility index (Phi) is 6.15. The van der Waals surface area contributed by atoms with Crippen LogP contribution in [0.3, 0.4) is 0 Å². The molecule has 0 aromatic heterocycles. The molecule has 0 spiro atoms. The van der Waals surface area contributed by atoms with Crippen LogP contribution in [0.15, 0.2) is 0 Å². The maximum atomic E-state index is 13.2. The standard InChI is InChI=1S/C21H28F3N5O4/c1-19(2)12-9-29(18(33)20(3,4)28-17(32)21(22,23)24)14(13(12)19)16(31)27-11(8-25)7-10-5-6-26-15(10)30/h10-14H,5-7,9H2,1-4H3,(H,26,30)(H,27,31)(H,28,32)/t10-,11-,12-,13-,14-/m0/s1. The number of likely N-dealkylation sites (tertiary alicyclic amines) is 1. The van der Waals surface area contributed by atoms with Crippen molar-refractivity contribution in [1.82, 2.24) is 20.9 Å². The maximum Gasteiger partial charge on any atom is 0.471 e. The van der Waals surface area contributed by atoms with E-state index in [1.165, 1.54) is 4.90 Å². The van der Waals surface area contributed by atoms with E-state index >= 15 is 0 Å². The number of piperidine rings is 1. The minimum Gasteiger partial charge on any atom is -0.356 e. The monoisotopic (exact) mass is 471 g/mol. The van der Waals surface area contributed by atoms with Crippen LogP contribution in [-0.4, -0.2) is 65.4 Å². The smallest absolute Gasteiger partial charge is 0.356 e. The van der Waals surface area contributed by atoms with Crippen LogP contribution in [0.5, 0.6) is 0 Å². The first kappa shape index (κ1) is 24.8. The molecule has 4 amide bonds. The van der Waals surface area contributed by atoms with E-state index in [1.807, 2.05) is 19.9 Å². The van der Waals surface area contributed by atoms with Gasteiger partial charge in [-0.2, -0.15) is 18.4 Å². The molecule has 0 aromatic rings. The van der Waals surface area contributed by atoms with Crippen molar-refractivity contribution in [3.63, 3.8) is 0 Å². The average molecular weight is 471 g/mol. The average Bonchev–Trinajstić information content (AvgIpc) is 3.07. The molecule has 1 aliphatic carbocycles. The summed E-state index contributed by atoms with van der Waals surface area (Å²) < 4.78 is 38.1. The van der Waals surface area contributed by atoms with E-state index in [0.717, 1.165) is 13.8 Å². The summed E-state index contributed by atoms with van der Waals surface area (Å²) in [6, 6.07) is 0.0236. The summed E-state index contributed by atoms with van der Waals surface area (Å²) in [4.78, 5) is 50.8. The molecule has 2 heterocycles. The summed E-state index contributed by atoms with van der Waals surface area (Å²) >= 11 is 0. The van der Waals surface area contributed by atoms with E-state index in [9.17, 15) is 37.6 Å². The largest absolute Gasteiger partial charge is 0.471 e. The highest BCUT2D eigenvalue weighted by Crippen LogP contribution is 2.65. The van der Waals surface area contributed by atoms with Gasteiger partial charge in [-0.1, -0.05) is 13.8 Å². The third-order valence-corrected chi connectivity index (χ3v) is 7.11. The predicted octanol–water partition coefficient (Wildman–Crippen LogP) is 0.461. The van der Waals surface area contributed by atoms with Gasteiger partial charge in [0.2, 0.25) is 17.7 Å². The second-order valence-corrected chi connectivity index (χ2v) is 10.1. The summed E-state index contributed by atoms with van der Waals surface area (Å²) in [6.07, 6.45) is -4.48. The molecule has 3 aliphatic rings. The summed E-state index contributed by atoms with van der Waals surface area (Å²) in [5.41, 5.74) is -2.16. The Bertz CT molecular complexity index is 911. The van der Waals surface area contributed by atoms with Crippen molar-refractivity contribution in [3.8, 4) is 6.07 Å². The van der Waals surface area contributed by atoms with Crippen LogP contribution < -0.4 is 16.0 Å². The van der Waals surface area contributed by atoms with Crippen molar-refractivity contribution in [2.24, 2.45) is 23.2 Å². The maximum absolute atomic E-state index is 13.2. The fraction of sp³-hybridized carbons (Fsp3) is 0.762. The third kappa shape index (κ3) is 4.63. The summed E-state index contributed by atoms with van der Waals surface area (Å²) in [7, 11) is 0. The topological polar surface area (TPSA) is 131 Å². The number of nitrogens with zero attached hydrogens (tertiary/aromatic N) is 2. The first-order valence-electron chi connectivity index (χ1n) is 10.8. The van der Waals surface area contributed by atoms with Crippen LogP contribution in [-0.2, 0) is 19.2 Å². The van der Waals surface area contributed by atoms with Crippen LogP contribution in [0, 0.1) is 34.5 Å². The quantitative estimate of drug-likeness (QED) is 0.518. The van der Waals surface area contributed by atoms with Crippen molar-refractivity contribution in [2.75, 3.05) is 13.1 Å². The molecule has 0 aromatic carbocycles. The number of rotatable bonds is 6. The number of carbonyl (C=O) groups is 4. The lowest BCUT2D eigenvalue weighted by atomic mass is 9.95. The molecule has 3 rings (SSSR count). The first-order valence-corrected chi connectivity index (χ1v) is 10.8. The van der Waals surface area contributed by atoms with Crippen LogP contribution in [0.1, 0.15) is 40.5 Å². The van der Waals surface area contributed by atoms with Gasteiger partial charge in [0.25, 0.3) is 0 Å². The predicted molar refractivity (Wildman–Crippen MR) is 108 cm³/mol. The van der Waals surface area contributed by atoms with Crippen LogP contribution in [0.4, 0.5) is 13.2 Å². The molecule has 3 N–H and O–H groups in total. The molecule has 5 atom stereocenters. The molecule has 0 radical (unpaired) electrons. The van der Waals surface area contributed by atoms with Gasteiger partial charge in [0.15, 0.2) is 0 Å². The van der Waals surface area contributed by atoms with Crippen molar-refractivity contribution in [3.05, 3.63) is 0 Å². The van der Waals surface area contributed by atoms with Gasteiger partial charge in [-0.15, -0.1) is 0 Å². The summed E-state index contributed by atoms with van der Waals surface area (Å²) in [5, 5.41) is 16.5. The van der Waals surface area contributed by atoms with E-state index in [1.54, 1.807) is 5.32 Å². The highest BCUT2D eigenvalue weighted by atomic mass is 19.4. The molecular formula is C21H28F3N5O4. The molecule has 1 saturated carbocycles. The second-order valence-electron chi connectivity index (χ2n) is 10.1. The lowest BCUT2D eigenvalue weighted by Crippen LogP contribution is -2.62. The Balaban J connectivity index is 1.75. The Morgan fingerprint density at radius 3 is 2.45 bits per heavy atom. The number of carbonyl (C=O) groups excluding carboxylic acids is 4. The zero-order valence-corrected chi connectivity index (χ0v) is 18.9. The fourth-order valence-electron chi connectivity index (χ4n) is 5.12. The van der Waals surface area contributed by atoms with E-state index in [0.29, 0.717) is 13.0 Å². The van der Waals surface area contributed by atoms with Crippen molar-refractivity contribution in [2.45, 2.75) is 64.3 Å². The number of hydrogen-bond acceptors (Lipinski definition) is 5. The molecule has 182 valence electrons. The molecule has 3 fully saturated rings. The van der Waals surface area contributed by atoms with Gasteiger partial charge in [-0.25, -0.2) is 0 Å². The summed E-state index contributed by atoms with van der Waals surface area (Å²) in [5.74, 6) is -4.51. The lowest BCUT2D eigenvalue weighted by Gasteiger charge is -2.36. The van der Waals surface area contributed by atoms with Crippen molar-refractivity contribution >= 4 is 23.6 Å². The number of amides is 4. The molecular weight excluding hydrogens is 443 g/mol. The number of nitriles is 1. The minimum absolute atomic E-state index is 0.0348. The van der Waals surface area contributed by atoms with Gasteiger partial charge in [0.1, 0.15) is 17.6 Å². The number of alkyl halides is 3. The Morgan fingerprint density at radius 2 is 1.94 bits per heavy atom. The number of halogens is 3. The van der Waals surface area contributed by atoms with E-state index < -0.39 is 47.4 Å². The minimum atomic E-state index is -5.16. The molecule has 0 unspecified atom stereocenters. The molecule has 2 aliphatic heterocycles. The Labute approximate surface area is 189 Å². The molecule has 0 bridgehead atoms. The lowest BCUT2D eigenvalue weighted by molar-refractivity contribution is -0.176. The Morgan fingerprint density at radius 1 is 1.30 bits per heavy atom. The van der Waals surface area contributed by atoms with Crippen molar-refractivity contribution < 1.29 is 32.3 Å². The Hall–Kier alpha value is -2.84. The van der Waals surface area contributed by atoms with E-state index in [2.05, 4.69) is 10.6 Å². The molecule has 9 nitrogen and oxygen atoms in total. The molecule has 12 heteroatoms. The van der Waals surface area contributed by atoms with Gasteiger partial charge in [-0.05, 0) is 43.9 Å². The zero-order chi connectivity index (χ0) is 24.9. The van der Waals surface area contributed by atoms with Gasteiger partial charge in [0, 0.05) is 19.0 Å². The van der Waals surface area contributed by atoms with E-state index in [4.69, 9.17) is 0 Å². The van der Waals surface area contributed by atoms with Gasteiger partial charge < -0.3 is 20.9 Å². The highest BCUT2D eigenvalue weighted by molar-refractivity contribution is 5.96. The van der Waals surface area contributed by atoms with Gasteiger partial charge in [-0.3, -0.25) is 19.2 Å². The molecule has 33 heavy (non-hydrogen) atoms. The van der Waals surface area contributed by atoms with Crippen LogP contribution in [0.25, 0.3) is 0 Å². The number of hydrogen-bond donors (Lipinski definition) is 3. The van der Waals surface area contributed by atoms with Gasteiger partial charge >= 0.3 is 12.1 Å². The zero-order valence-electron chi connectivity index (χ0n) is 18.9. The molecule has 2 saturated heterocycles. The normalized spacial score (nSPS) is 28.9.